The second-order valence-electron chi connectivity index (χ2n) is 7.20. The number of nitriles is 1. The predicted octanol–water partition coefficient (Wildman–Crippen LogP) is 3.06. The van der Waals surface area contributed by atoms with E-state index in [-0.39, 0.29) is 47.6 Å². The number of sulfone groups is 1. The number of aliphatic hydroxyl groups excluding tert-OH is 1. The van der Waals surface area contributed by atoms with Crippen LogP contribution in [0.1, 0.15) is 30.4 Å². The molecule has 3 atom stereocenters. The number of rotatable bonds is 2. The molecule has 1 fully saturated rings. The van der Waals surface area contributed by atoms with Gasteiger partial charge < -0.3 is 9.84 Å². The van der Waals surface area contributed by atoms with Gasteiger partial charge in [0.25, 0.3) is 0 Å². The molecule has 8 heteroatoms. The third-order valence-electron chi connectivity index (χ3n) is 5.75. The standard InChI is InChI=1S/C20H17F2NO4S/c21-16-5-6-17(22)19-18(16)20(8-7-14(24)9-13(20)11-27-19)28(25,26)15-3-1-12(10-23)2-4-15/h1-6,13-14,24H,7-9,11H2/t13-,14+,20+/m1/s1. The minimum absolute atomic E-state index is 0.0576. The minimum Gasteiger partial charge on any atom is -0.490 e. The fourth-order valence-corrected chi connectivity index (χ4v) is 6.78. The highest BCUT2D eigenvalue weighted by molar-refractivity contribution is 7.92. The molecule has 1 aliphatic heterocycles. The number of hydrogen-bond donors (Lipinski definition) is 1. The van der Waals surface area contributed by atoms with E-state index in [9.17, 15) is 22.3 Å². The van der Waals surface area contributed by atoms with E-state index in [2.05, 4.69) is 0 Å². The normalized spacial score (nSPS) is 26.5. The molecule has 5 nitrogen and oxygen atoms in total. The maximum Gasteiger partial charge on any atom is 0.188 e. The summed E-state index contributed by atoms with van der Waals surface area (Å²) in [6.07, 6.45) is -0.555. The van der Waals surface area contributed by atoms with Crippen molar-refractivity contribution in [1.29, 1.82) is 5.26 Å². The third-order valence-corrected chi connectivity index (χ3v) is 8.34. The summed E-state index contributed by atoms with van der Waals surface area (Å²) >= 11 is 0. The molecule has 0 spiro atoms. The van der Waals surface area contributed by atoms with Gasteiger partial charge in [0.05, 0.1) is 34.8 Å². The second-order valence-corrected chi connectivity index (χ2v) is 9.41. The summed E-state index contributed by atoms with van der Waals surface area (Å²) in [7, 11) is -4.19. The minimum atomic E-state index is -4.19. The summed E-state index contributed by atoms with van der Waals surface area (Å²) < 4.78 is 60.5. The largest absolute Gasteiger partial charge is 0.490 e. The summed E-state index contributed by atoms with van der Waals surface area (Å²) in [4.78, 5) is -0.0793. The van der Waals surface area contributed by atoms with Crippen LogP contribution in [0.5, 0.6) is 5.75 Å². The van der Waals surface area contributed by atoms with Crippen molar-refractivity contribution in [3.8, 4) is 11.8 Å². The predicted molar refractivity (Wildman–Crippen MR) is 95.2 cm³/mol. The molecule has 1 heterocycles. The summed E-state index contributed by atoms with van der Waals surface area (Å²) in [5.74, 6) is -2.80. The SMILES string of the molecule is N#Cc1ccc(S(=O)(=O)[C@@]23CC[C@H](O)C[C@@H]2COc2c(F)ccc(F)c23)cc1. The molecular weight excluding hydrogens is 388 g/mol. The second kappa shape index (κ2) is 6.54. The average molecular weight is 405 g/mol. The van der Waals surface area contributed by atoms with Crippen molar-refractivity contribution in [2.24, 2.45) is 5.92 Å². The molecule has 0 radical (unpaired) electrons. The molecule has 0 amide bonds. The molecule has 4 rings (SSSR count). The van der Waals surface area contributed by atoms with Gasteiger partial charge in [0.2, 0.25) is 0 Å². The van der Waals surface area contributed by atoms with Crippen molar-refractivity contribution in [1.82, 2.24) is 0 Å². The van der Waals surface area contributed by atoms with Crippen LogP contribution in [0.2, 0.25) is 0 Å². The zero-order valence-corrected chi connectivity index (χ0v) is 15.5. The van der Waals surface area contributed by atoms with Gasteiger partial charge in [-0.1, -0.05) is 0 Å². The fourth-order valence-electron chi connectivity index (χ4n) is 4.41. The van der Waals surface area contributed by atoms with E-state index in [0.29, 0.717) is 0 Å². The Morgan fingerprint density at radius 3 is 2.50 bits per heavy atom. The maximum atomic E-state index is 14.9. The molecule has 0 aromatic heterocycles. The number of halogens is 2. The lowest BCUT2D eigenvalue weighted by molar-refractivity contribution is 0.0395. The Hall–Kier alpha value is -2.50. The quantitative estimate of drug-likeness (QED) is 0.830. The number of hydrogen-bond acceptors (Lipinski definition) is 5. The van der Waals surface area contributed by atoms with E-state index in [1.54, 1.807) is 0 Å². The molecule has 28 heavy (non-hydrogen) atoms. The molecule has 1 aliphatic carbocycles. The topological polar surface area (TPSA) is 87.4 Å². The van der Waals surface area contributed by atoms with Gasteiger partial charge in [0.1, 0.15) is 10.6 Å². The van der Waals surface area contributed by atoms with Gasteiger partial charge in [0, 0.05) is 5.92 Å². The molecule has 1 N–H and O–H groups in total. The van der Waals surface area contributed by atoms with Crippen molar-refractivity contribution >= 4 is 9.84 Å². The van der Waals surface area contributed by atoms with Crippen molar-refractivity contribution in [3.63, 3.8) is 0 Å². The van der Waals surface area contributed by atoms with Gasteiger partial charge in [-0.2, -0.15) is 5.26 Å². The molecule has 146 valence electrons. The number of benzene rings is 2. The van der Waals surface area contributed by atoms with E-state index in [1.807, 2.05) is 6.07 Å². The van der Waals surface area contributed by atoms with Gasteiger partial charge in [0.15, 0.2) is 21.4 Å². The molecule has 0 saturated heterocycles. The van der Waals surface area contributed by atoms with Crippen LogP contribution in [0.3, 0.4) is 0 Å². The summed E-state index contributed by atoms with van der Waals surface area (Å²) in [5, 5.41) is 19.0. The third kappa shape index (κ3) is 2.54. The number of nitrogens with zero attached hydrogens (tertiary/aromatic N) is 1. The Balaban J connectivity index is 2.00. The van der Waals surface area contributed by atoms with E-state index < -0.39 is 38.2 Å². The van der Waals surface area contributed by atoms with Gasteiger partial charge in [-0.25, -0.2) is 17.2 Å². The lowest BCUT2D eigenvalue weighted by atomic mass is 9.72. The fraction of sp³-hybridized carbons (Fsp3) is 0.350. The first-order chi connectivity index (χ1) is 13.3. The van der Waals surface area contributed by atoms with Crippen molar-refractivity contribution < 1.29 is 27.0 Å². The monoisotopic (exact) mass is 405 g/mol. The van der Waals surface area contributed by atoms with Gasteiger partial charge >= 0.3 is 0 Å². The number of aliphatic hydroxyl groups is 1. The highest BCUT2D eigenvalue weighted by Gasteiger charge is 2.59. The molecular formula is C20H17F2NO4S. The molecule has 2 aromatic carbocycles. The zero-order chi connectivity index (χ0) is 20.1. The van der Waals surface area contributed by atoms with Crippen LogP contribution in [-0.2, 0) is 14.6 Å². The van der Waals surface area contributed by atoms with Crippen molar-refractivity contribution in [2.75, 3.05) is 6.61 Å². The smallest absolute Gasteiger partial charge is 0.188 e. The molecule has 2 aliphatic rings. The molecule has 1 saturated carbocycles. The Bertz CT molecular complexity index is 1080. The lowest BCUT2D eigenvalue weighted by Gasteiger charge is -2.48. The highest BCUT2D eigenvalue weighted by Crippen LogP contribution is 2.56. The Morgan fingerprint density at radius 1 is 1.14 bits per heavy atom. The van der Waals surface area contributed by atoms with Gasteiger partial charge in [-0.05, 0) is 55.7 Å². The zero-order valence-electron chi connectivity index (χ0n) is 14.7. The summed E-state index contributed by atoms with van der Waals surface area (Å²) in [6, 6.07) is 9.09. The lowest BCUT2D eigenvalue weighted by Crippen LogP contribution is -2.53. The van der Waals surface area contributed by atoms with Crippen LogP contribution in [0.4, 0.5) is 8.78 Å². The van der Waals surface area contributed by atoms with Gasteiger partial charge in [-0.15, -0.1) is 0 Å². The first kappa shape index (κ1) is 18.8. The molecule has 2 aromatic rings. The number of ether oxygens (including phenoxy) is 1. The molecule has 0 bridgehead atoms. The van der Waals surface area contributed by atoms with E-state index in [1.165, 1.54) is 24.3 Å². The van der Waals surface area contributed by atoms with E-state index in [0.717, 1.165) is 12.1 Å². The molecule has 0 unspecified atom stereocenters. The van der Waals surface area contributed by atoms with Crippen LogP contribution >= 0.6 is 0 Å². The highest BCUT2D eigenvalue weighted by atomic mass is 32.2. The first-order valence-electron chi connectivity index (χ1n) is 8.85. The van der Waals surface area contributed by atoms with Crippen LogP contribution in [-0.4, -0.2) is 26.2 Å². The summed E-state index contributed by atoms with van der Waals surface area (Å²) in [6.45, 7) is -0.139. The van der Waals surface area contributed by atoms with Crippen LogP contribution in [0.25, 0.3) is 0 Å². The van der Waals surface area contributed by atoms with Crippen LogP contribution in [0, 0.1) is 28.9 Å². The van der Waals surface area contributed by atoms with E-state index >= 15 is 0 Å². The van der Waals surface area contributed by atoms with Crippen molar-refractivity contribution in [3.05, 3.63) is 59.2 Å². The Morgan fingerprint density at radius 2 is 1.82 bits per heavy atom. The summed E-state index contributed by atoms with van der Waals surface area (Å²) in [5.41, 5.74) is -0.0170. The maximum absolute atomic E-state index is 14.9. The van der Waals surface area contributed by atoms with E-state index in [4.69, 9.17) is 10.00 Å². The van der Waals surface area contributed by atoms with Crippen LogP contribution < -0.4 is 4.74 Å². The first-order valence-corrected chi connectivity index (χ1v) is 10.3. The van der Waals surface area contributed by atoms with Gasteiger partial charge in [-0.3, -0.25) is 0 Å². The van der Waals surface area contributed by atoms with Crippen molar-refractivity contribution in [2.45, 2.75) is 35.0 Å². The Kier molecular flexibility index (Phi) is 4.40. The Labute approximate surface area is 161 Å². The number of fused-ring (bicyclic) bond motifs is 3. The van der Waals surface area contributed by atoms with Crippen LogP contribution in [0.15, 0.2) is 41.3 Å². The average Bonchev–Trinajstić information content (AvgIpc) is 2.70.